The van der Waals surface area contributed by atoms with E-state index in [-0.39, 0.29) is 17.3 Å². The van der Waals surface area contributed by atoms with E-state index in [4.69, 9.17) is 0 Å². The molecule has 0 bridgehead atoms. The van der Waals surface area contributed by atoms with Crippen molar-refractivity contribution < 1.29 is 36.9 Å². The molecule has 4 amide bonds. The molecular formula is C21H17F3N5O4S2+. The van der Waals surface area contributed by atoms with Gasteiger partial charge in [-0.05, 0) is 35.7 Å². The molecule has 1 aromatic carbocycles. The Labute approximate surface area is 205 Å². The Morgan fingerprint density at radius 1 is 1.23 bits per heavy atom. The number of fused-ring (bicyclic) bond motifs is 1. The predicted octanol–water partition coefficient (Wildman–Crippen LogP) is 3.43. The SMILES string of the molecule is CN1C(=O)C2C(SCC(=O)Nc3ccc(OC(F)(F)F)cc3)=NC(c3cccs3)=NC2=[N+](C)C1=O. The number of anilines is 1. The number of carbonyl (C=O) groups excluding carboxylic acids is 3. The van der Waals surface area contributed by atoms with Crippen molar-refractivity contribution in [1.29, 1.82) is 0 Å². The molecule has 1 aromatic heterocycles. The highest BCUT2D eigenvalue weighted by Crippen LogP contribution is 2.28. The van der Waals surface area contributed by atoms with Crippen LogP contribution in [0.1, 0.15) is 4.88 Å². The van der Waals surface area contributed by atoms with Crippen molar-refractivity contribution >= 4 is 63.3 Å². The van der Waals surface area contributed by atoms with Crippen LogP contribution in [0.25, 0.3) is 0 Å². The molecule has 0 fully saturated rings. The maximum Gasteiger partial charge on any atom is 0.573 e. The van der Waals surface area contributed by atoms with Gasteiger partial charge in [-0.2, -0.15) is 9.48 Å². The third kappa shape index (κ3) is 5.43. The summed E-state index contributed by atoms with van der Waals surface area (Å²) in [6.07, 6.45) is -4.81. The summed E-state index contributed by atoms with van der Waals surface area (Å²) in [7, 11) is 2.87. The second kappa shape index (κ2) is 9.62. The summed E-state index contributed by atoms with van der Waals surface area (Å²) in [4.78, 5) is 48.5. The molecule has 3 heterocycles. The Bertz CT molecular complexity index is 1270. The van der Waals surface area contributed by atoms with Crippen LogP contribution in [-0.2, 0) is 9.59 Å². The standard InChI is InChI=1S/C21H16F3N5O4S2/c1-28-17-15(19(31)29(2)20(28)32)18(27-16(26-17)13-4-3-9-34-13)35-10-14(30)25-11-5-7-12(8-6-11)33-21(22,23)24/h3-9,15H,10H2,1-2H3/p+1. The van der Waals surface area contributed by atoms with Gasteiger partial charge in [0.2, 0.25) is 11.7 Å². The lowest BCUT2D eigenvalue weighted by atomic mass is 10.0. The zero-order chi connectivity index (χ0) is 25.3. The van der Waals surface area contributed by atoms with Crippen LogP contribution in [0.4, 0.5) is 23.7 Å². The minimum Gasteiger partial charge on any atom is -0.406 e. The van der Waals surface area contributed by atoms with Gasteiger partial charge in [-0.1, -0.05) is 22.8 Å². The first kappa shape index (κ1) is 24.6. The monoisotopic (exact) mass is 524 g/mol. The third-order valence-electron chi connectivity index (χ3n) is 4.90. The number of urea groups is 1. The molecule has 0 spiro atoms. The molecule has 1 unspecified atom stereocenters. The summed E-state index contributed by atoms with van der Waals surface area (Å²) >= 11 is 2.40. The number of hydrogen-bond acceptors (Lipinski definition) is 8. The van der Waals surface area contributed by atoms with E-state index in [1.807, 2.05) is 11.4 Å². The highest BCUT2D eigenvalue weighted by Gasteiger charge is 2.49. The number of thioether (sulfide) groups is 1. The number of aliphatic imine (C=N–C) groups is 2. The molecule has 182 valence electrons. The lowest BCUT2D eigenvalue weighted by Crippen LogP contribution is -2.54. The Balaban J connectivity index is 1.51. The number of rotatable bonds is 5. The first-order chi connectivity index (χ1) is 16.5. The van der Waals surface area contributed by atoms with Crippen molar-refractivity contribution in [1.82, 2.24) is 4.90 Å². The summed E-state index contributed by atoms with van der Waals surface area (Å²) in [6, 6.07) is 7.79. The zero-order valence-electron chi connectivity index (χ0n) is 18.2. The molecule has 0 saturated carbocycles. The van der Waals surface area contributed by atoms with Crippen molar-refractivity contribution in [2.45, 2.75) is 6.36 Å². The second-order valence-corrected chi connectivity index (χ2v) is 9.25. The first-order valence-corrected chi connectivity index (χ1v) is 11.8. The fourth-order valence-electron chi connectivity index (χ4n) is 3.28. The van der Waals surface area contributed by atoms with E-state index < -0.39 is 35.9 Å². The average Bonchev–Trinajstić information content (AvgIpc) is 3.35. The molecule has 14 heteroatoms. The fraction of sp³-hybridized carbons (Fsp3) is 0.238. The summed E-state index contributed by atoms with van der Waals surface area (Å²) in [6.45, 7) is 0. The van der Waals surface area contributed by atoms with Gasteiger partial charge in [-0.25, -0.2) is 9.79 Å². The number of amides is 4. The van der Waals surface area contributed by atoms with Gasteiger partial charge in [-0.3, -0.25) is 9.59 Å². The van der Waals surface area contributed by atoms with Gasteiger partial charge in [0.1, 0.15) is 10.8 Å². The number of benzene rings is 1. The molecule has 4 rings (SSSR count). The van der Waals surface area contributed by atoms with Gasteiger partial charge in [0.15, 0.2) is 5.92 Å². The van der Waals surface area contributed by atoms with Crippen LogP contribution in [0, 0.1) is 5.92 Å². The van der Waals surface area contributed by atoms with Crippen LogP contribution >= 0.6 is 23.1 Å². The highest BCUT2D eigenvalue weighted by molar-refractivity contribution is 8.14. The molecule has 9 nitrogen and oxygen atoms in total. The van der Waals surface area contributed by atoms with E-state index in [1.54, 1.807) is 6.07 Å². The van der Waals surface area contributed by atoms with Gasteiger partial charge in [0.05, 0.1) is 24.7 Å². The van der Waals surface area contributed by atoms with Crippen LogP contribution in [-0.4, -0.2) is 70.2 Å². The van der Waals surface area contributed by atoms with Crippen LogP contribution in [0.5, 0.6) is 5.75 Å². The van der Waals surface area contributed by atoms with Gasteiger partial charge >= 0.3 is 18.3 Å². The van der Waals surface area contributed by atoms with E-state index in [0.717, 1.165) is 33.7 Å². The summed E-state index contributed by atoms with van der Waals surface area (Å²) < 4.78 is 42.0. The summed E-state index contributed by atoms with van der Waals surface area (Å²) in [5.74, 6) is -1.93. The summed E-state index contributed by atoms with van der Waals surface area (Å²) in [5.41, 5.74) is 0.266. The van der Waals surface area contributed by atoms with Gasteiger partial charge in [-0.15, -0.1) is 24.5 Å². The topological polar surface area (TPSA) is 103 Å². The van der Waals surface area contributed by atoms with Gasteiger partial charge < -0.3 is 10.1 Å². The maximum absolute atomic E-state index is 12.9. The Kier molecular flexibility index (Phi) is 6.76. The minimum absolute atomic E-state index is 0.143. The summed E-state index contributed by atoms with van der Waals surface area (Å²) in [5, 5.41) is 4.71. The average molecular weight is 525 g/mol. The maximum atomic E-state index is 12.9. The van der Waals surface area contributed by atoms with E-state index in [2.05, 4.69) is 20.0 Å². The number of amidine groups is 2. The van der Waals surface area contributed by atoms with Gasteiger partial charge in [0, 0.05) is 5.69 Å². The fourth-order valence-corrected chi connectivity index (χ4v) is 4.81. The van der Waals surface area contributed by atoms with Crippen molar-refractivity contribution in [3.63, 3.8) is 0 Å². The number of alkyl halides is 3. The number of nitrogens with zero attached hydrogens (tertiary/aromatic N) is 4. The number of hydrogen-bond donors (Lipinski definition) is 1. The van der Waals surface area contributed by atoms with E-state index in [9.17, 15) is 27.6 Å². The largest absolute Gasteiger partial charge is 0.573 e. The number of imide groups is 1. The molecule has 0 aliphatic carbocycles. The van der Waals surface area contributed by atoms with Crippen LogP contribution in [0.3, 0.4) is 0 Å². The molecular weight excluding hydrogens is 507 g/mol. The number of nitrogens with one attached hydrogen (secondary N) is 1. The van der Waals surface area contributed by atoms with Crippen molar-refractivity contribution in [3.8, 4) is 5.75 Å². The van der Waals surface area contributed by atoms with Gasteiger partial charge in [0.25, 0.3) is 5.84 Å². The van der Waals surface area contributed by atoms with Crippen LogP contribution in [0.15, 0.2) is 51.8 Å². The zero-order valence-corrected chi connectivity index (χ0v) is 19.8. The third-order valence-corrected chi connectivity index (χ3v) is 6.80. The Morgan fingerprint density at radius 3 is 2.57 bits per heavy atom. The number of carbonyl (C=O) groups is 3. The van der Waals surface area contributed by atoms with E-state index >= 15 is 0 Å². The number of thiophene rings is 1. The smallest absolute Gasteiger partial charge is 0.406 e. The van der Waals surface area contributed by atoms with E-state index in [0.29, 0.717) is 10.9 Å². The molecule has 0 saturated heterocycles. The van der Waals surface area contributed by atoms with Crippen molar-refractivity contribution in [2.75, 3.05) is 25.2 Å². The van der Waals surface area contributed by atoms with Crippen molar-refractivity contribution in [2.24, 2.45) is 15.9 Å². The van der Waals surface area contributed by atoms with Crippen LogP contribution in [0.2, 0.25) is 0 Å². The quantitative estimate of drug-likeness (QED) is 0.604. The molecule has 0 radical (unpaired) electrons. The lowest BCUT2D eigenvalue weighted by molar-refractivity contribution is -0.407. The Hall–Kier alpha value is -3.52. The van der Waals surface area contributed by atoms with Crippen LogP contribution < -0.4 is 10.1 Å². The number of ether oxygens (including phenoxy) is 1. The minimum atomic E-state index is -4.81. The molecule has 2 aliphatic rings. The molecule has 1 atom stereocenters. The number of halogens is 3. The first-order valence-electron chi connectivity index (χ1n) is 9.95. The lowest BCUT2D eigenvalue weighted by Gasteiger charge is -2.26. The highest BCUT2D eigenvalue weighted by atomic mass is 32.2. The molecule has 1 N–H and O–H groups in total. The predicted molar refractivity (Wildman–Crippen MR) is 125 cm³/mol. The second-order valence-electron chi connectivity index (χ2n) is 7.30. The molecule has 35 heavy (non-hydrogen) atoms. The molecule has 2 aliphatic heterocycles. The Morgan fingerprint density at radius 2 is 1.94 bits per heavy atom. The van der Waals surface area contributed by atoms with E-state index in [1.165, 1.54) is 42.1 Å². The normalized spacial score (nSPS) is 18.2. The van der Waals surface area contributed by atoms with Crippen molar-refractivity contribution in [3.05, 3.63) is 46.7 Å². The molecule has 2 aromatic rings.